The topological polar surface area (TPSA) is 32.6 Å². The Morgan fingerprint density at radius 1 is 1.23 bits per heavy atom. The molecule has 1 N–H and O–H groups in total. The van der Waals surface area contributed by atoms with Crippen LogP contribution >= 0.6 is 0 Å². The van der Waals surface area contributed by atoms with Crippen molar-refractivity contribution in [2.45, 2.75) is 51.9 Å². The summed E-state index contributed by atoms with van der Waals surface area (Å²) in [6.07, 6.45) is 1.53. The van der Waals surface area contributed by atoms with E-state index in [1.54, 1.807) is 7.05 Å². The van der Waals surface area contributed by atoms with Gasteiger partial charge in [-0.1, -0.05) is 33.5 Å². The Morgan fingerprint density at radius 2 is 1.62 bits per heavy atom. The Labute approximate surface area is 83.1 Å². The van der Waals surface area contributed by atoms with Crippen LogP contribution in [-0.2, 0) is 0 Å². The number of rotatable bonds is 4. The summed E-state index contributed by atoms with van der Waals surface area (Å²) < 4.78 is 0. The highest BCUT2D eigenvalue weighted by Gasteiger charge is 2.37. The molecule has 0 aromatic heterocycles. The summed E-state index contributed by atoms with van der Waals surface area (Å²) >= 11 is 0. The Balaban J connectivity index is 4.99. The van der Waals surface area contributed by atoms with Crippen LogP contribution in [0.5, 0.6) is 0 Å². The van der Waals surface area contributed by atoms with Crippen LogP contribution in [0, 0.1) is 0 Å². The van der Waals surface area contributed by atoms with Crippen molar-refractivity contribution < 1.29 is 5.11 Å². The molecule has 0 amide bonds. The van der Waals surface area contributed by atoms with Crippen LogP contribution in [0.15, 0.2) is 4.99 Å². The fraction of sp³-hybridized carbons (Fsp3) is 0.900. The first kappa shape index (κ1) is 12.8. The van der Waals surface area contributed by atoms with Crippen LogP contribution in [0.1, 0.15) is 26.7 Å². The normalized spacial score (nSPS) is 14.8. The maximum atomic E-state index is 10.3. The molecule has 0 radical (unpaired) electrons. The second-order valence-corrected chi connectivity index (χ2v) is 9.53. The van der Waals surface area contributed by atoms with Gasteiger partial charge in [-0.15, -0.1) is 0 Å². The zero-order valence-electron chi connectivity index (χ0n) is 9.81. The van der Waals surface area contributed by atoms with Crippen LogP contribution in [0.4, 0.5) is 0 Å². The summed E-state index contributed by atoms with van der Waals surface area (Å²) in [6, 6.07) is 0. The average molecular weight is 201 g/mol. The van der Waals surface area contributed by atoms with Crippen molar-refractivity contribution in [2.75, 3.05) is 7.05 Å². The van der Waals surface area contributed by atoms with E-state index in [0.29, 0.717) is 0 Å². The van der Waals surface area contributed by atoms with Crippen molar-refractivity contribution in [1.29, 1.82) is 0 Å². The van der Waals surface area contributed by atoms with E-state index >= 15 is 0 Å². The monoisotopic (exact) mass is 201 g/mol. The molecule has 0 saturated carbocycles. The van der Waals surface area contributed by atoms with Gasteiger partial charge >= 0.3 is 0 Å². The van der Waals surface area contributed by atoms with E-state index in [2.05, 4.69) is 24.6 Å². The molecule has 0 unspecified atom stereocenters. The molecule has 3 heteroatoms. The van der Waals surface area contributed by atoms with Crippen molar-refractivity contribution in [2.24, 2.45) is 4.99 Å². The molecule has 0 bridgehead atoms. The largest absolute Gasteiger partial charge is 0.384 e. The molecular weight excluding hydrogens is 178 g/mol. The molecule has 0 aromatic rings. The molecule has 0 heterocycles. The van der Waals surface area contributed by atoms with Crippen molar-refractivity contribution >= 4 is 13.4 Å². The number of aliphatic hydroxyl groups is 1. The highest BCUT2D eigenvalue weighted by Crippen LogP contribution is 2.23. The third-order valence-electron chi connectivity index (χ3n) is 2.54. The lowest BCUT2D eigenvalue weighted by molar-refractivity contribution is 0.106. The van der Waals surface area contributed by atoms with Crippen LogP contribution in [0.2, 0.25) is 19.6 Å². The lowest BCUT2D eigenvalue weighted by Crippen LogP contribution is -2.51. The molecule has 13 heavy (non-hydrogen) atoms. The minimum absolute atomic E-state index is 0.654. The molecule has 0 atom stereocenters. The molecule has 0 aromatic carbocycles. The highest BCUT2D eigenvalue weighted by molar-refractivity contribution is 7.05. The molecule has 0 fully saturated rings. The zero-order chi connectivity index (χ0) is 10.7. The molecular formula is C10H23NOSi. The third kappa shape index (κ3) is 2.92. The summed E-state index contributed by atoms with van der Waals surface area (Å²) in [6.45, 7) is 10.7. The van der Waals surface area contributed by atoms with Gasteiger partial charge in [0.2, 0.25) is 0 Å². The fourth-order valence-corrected chi connectivity index (χ4v) is 4.25. The summed E-state index contributed by atoms with van der Waals surface area (Å²) in [5.41, 5.74) is -0.654. The van der Waals surface area contributed by atoms with Gasteiger partial charge in [-0.25, -0.2) is 0 Å². The number of hydrogen-bond donors (Lipinski definition) is 1. The summed E-state index contributed by atoms with van der Waals surface area (Å²) in [5.74, 6) is 0. The molecule has 0 aliphatic heterocycles. The molecule has 0 aliphatic carbocycles. The van der Waals surface area contributed by atoms with Crippen molar-refractivity contribution in [3.63, 3.8) is 0 Å². The van der Waals surface area contributed by atoms with Crippen LogP contribution < -0.4 is 0 Å². The van der Waals surface area contributed by atoms with E-state index in [-0.39, 0.29) is 0 Å². The molecule has 2 nitrogen and oxygen atoms in total. The van der Waals surface area contributed by atoms with Gasteiger partial charge in [0.15, 0.2) is 0 Å². The Kier molecular flexibility index (Phi) is 4.32. The molecule has 0 spiro atoms. The summed E-state index contributed by atoms with van der Waals surface area (Å²) in [7, 11) is 0.331. The highest BCUT2D eigenvalue weighted by atomic mass is 28.3. The fourth-order valence-electron chi connectivity index (χ4n) is 1.83. The first-order valence-electron chi connectivity index (χ1n) is 5.02. The van der Waals surface area contributed by atoms with Crippen molar-refractivity contribution in [1.82, 2.24) is 0 Å². The van der Waals surface area contributed by atoms with Crippen LogP contribution in [0.25, 0.3) is 0 Å². The van der Waals surface area contributed by atoms with Gasteiger partial charge in [-0.05, 0) is 12.8 Å². The first-order chi connectivity index (χ1) is 5.81. The molecule has 0 rings (SSSR count). The van der Waals surface area contributed by atoms with E-state index in [9.17, 15) is 5.11 Å². The predicted molar refractivity (Wildman–Crippen MR) is 62.2 cm³/mol. The molecule has 78 valence electrons. The number of nitrogens with zero attached hydrogens (tertiary/aromatic N) is 1. The van der Waals surface area contributed by atoms with Gasteiger partial charge in [-0.3, -0.25) is 4.99 Å². The predicted octanol–water partition coefficient (Wildman–Crippen LogP) is 2.49. The Morgan fingerprint density at radius 3 is 1.69 bits per heavy atom. The van der Waals surface area contributed by atoms with Crippen molar-refractivity contribution in [3.8, 4) is 0 Å². The Bertz CT molecular complexity index is 190. The van der Waals surface area contributed by atoms with Gasteiger partial charge in [-0.2, -0.15) is 0 Å². The maximum absolute atomic E-state index is 10.3. The lowest BCUT2D eigenvalue weighted by atomic mass is 9.99. The number of aliphatic imine (C=N–C) groups is 1. The van der Waals surface area contributed by atoms with Gasteiger partial charge in [0.1, 0.15) is 0 Å². The van der Waals surface area contributed by atoms with Gasteiger partial charge in [0.25, 0.3) is 0 Å². The summed E-state index contributed by atoms with van der Waals surface area (Å²) in [5, 5.41) is 11.4. The summed E-state index contributed by atoms with van der Waals surface area (Å²) in [4.78, 5) is 4.30. The zero-order valence-corrected chi connectivity index (χ0v) is 10.8. The second kappa shape index (κ2) is 4.38. The molecule has 0 saturated heterocycles. The standard InChI is InChI=1S/C10H23NOSi/c1-7-10(12,8-2)9(11-3)13(4,5)6/h12H,7-8H2,1-6H3. The lowest BCUT2D eigenvalue weighted by Gasteiger charge is -2.34. The smallest absolute Gasteiger partial charge is 0.0991 e. The number of hydrogen-bond acceptors (Lipinski definition) is 2. The van der Waals surface area contributed by atoms with Crippen LogP contribution in [0.3, 0.4) is 0 Å². The van der Waals surface area contributed by atoms with E-state index in [4.69, 9.17) is 0 Å². The quantitative estimate of drug-likeness (QED) is 0.550. The SMILES string of the molecule is CCC(O)(CC)C(=NC)[Si](C)(C)C. The minimum Gasteiger partial charge on any atom is -0.384 e. The second-order valence-electron chi connectivity index (χ2n) is 4.56. The van der Waals surface area contributed by atoms with Crippen molar-refractivity contribution in [3.05, 3.63) is 0 Å². The van der Waals surface area contributed by atoms with E-state index in [0.717, 1.165) is 18.2 Å². The van der Waals surface area contributed by atoms with Gasteiger partial charge < -0.3 is 5.11 Å². The minimum atomic E-state index is -1.46. The average Bonchev–Trinajstić information content (AvgIpc) is 2.02. The molecule has 0 aliphatic rings. The van der Waals surface area contributed by atoms with E-state index < -0.39 is 13.7 Å². The first-order valence-corrected chi connectivity index (χ1v) is 8.52. The van der Waals surface area contributed by atoms with E-state index in [1.165, 1.54) is 0 Å². The van der Waals surface area contributed by atoms with Crippen LogP contribution in [-0.4, -0.2) is 31.2 Å². The van der Waals surface area contributed by atoms with Gasteiger partial charge in [0, 0.05) is 12.4 Å². The third-order valence-corrected chi connectivity index (χ3v) is 4.65. The van der Waals surface area contributed by atoms with Gasteiger partial charge in [0.05, 0.1) is 13.7 Å². The maximum Gasteiger partial charge on any atom is 0.0991 e. The van der Waals surface area contributed by atoms with E-state index in [1.807, 2.05) is 13.8 Å². The Hall–Kier alpha value is -0.153.